The van der Waals surface area contributed by atoms with Gasteiger partial charge in [-0.15, -0.1) is 0 Å². The topological polar surface area (TPSA) is 71.1 Å². The molecule has 2 aromatic rings. The van der Waals surface area contributed by atoms with Gasteiger partial charge in [-0.05, 0) is 39.7 Å². The molecular weight excluding hydrogens is 361 g/mol. The van der Waals surface area contributed by atoms with Gasteiger partial charge in [0.1, 0.15) is 16.5 Å². The summed E-state index contributed by atoms with van der Waals surface area (Å²) in [7, 11) is -2.14. The fraction of sp³-hybridized carbons (Fsp3) is 0.154. The number of aromatic nitrogens is 1. The molecule has 0 spiro atoms. The molecule has 0 atom stereocenters. The molecule has 2 N–H and O–H groups in total. The Morgan fingerprint density at radius 1 is 1.29 bits per heavy atom. The van der Waals surface area contributed by atoms with Crippen LogP contribution in [0.1, 0.15) is 5.56 Å². The minimum atomic E-state index is -3.73. The monoisotopic (exact) mass is 373 g/mol. The van der Waals surface area contributed by atoms with Crippen molar-refractivity contribution in [2.75, 3.05) is 12.4 Å². The van der Waals surface area contributed by atoms with Gasteiger partial charge < -0.3 is 5.32 Å². The van der Waals surface area contributed by atoms with Crippen LogP contribution in [0.3, 0.4) is 0 Å². The van der Waals surface area contributed by atoms with Crippen molar-refractivity contribution in [1.82, 2.24) is 9.71 Å². The lowest BCUT2D eigenvalue weighted by Crippen LogP contribution is -2.24. The summed E-state index contributed by atoms with van der Waals surface area (Å²) in [4.78, 5) is 4.05. The van der Waals surface area contributed by atoms with Crippen LogP contribution in [-0.2, 0) is 16.6 Å². The smallest absolute Gasteiger partial charge is 0.244 e. The minimum absolute atomic E-state index is 0.0430. The van der Waals surface area contributed by atoms with Crippen LogP contribution in [0, 0.1) is 5.82 Å². The highest BCUT2D eigenvalue weighted by Crippen LogP contribution is 2.22. The summed E-state index contributed by atoms with van der Waals surface area (Å²) < 4.78 is 40.5. The molecule has 0 saturated carbocycles. The van der Waals surface area contributed by atoms with Gasteiger partial charge in [-0.25, -0.2) is 22.5 Å². The van der Waals surface area contributed by atoms with Crippen LogP contribution in [0.5, 0.6) is 0 Å². The number of benzene rings is 1. The average Bonchev–Trinajstić information content (AvgIpc) is 2.47. The molecule has 1 aromatic heterocycles. The van der Waals surface area contributed by atoms with Gasteiger partial charge in [0.25, 0.3) is 0 Å². The summed E-state index contributed by atoms with van der Waals surface area (Å²) in [5.41, 5.74) is 0.661. The third kappa shape index (κ3) is 3.99. The van der Waals surface area contributed by atoms with Crippen molar-refractivity contribution in [3.8, 4) is 0 Å². The predicted molar refractivity (Wildman–Crippen MR) is 81.9 cm³/mol. The van der Waals surface area contributed by atoms with Crippen molar-refractivity contribution in [1.29, 1.82) is 0 Å². The highest BCUT2D eigenvalue weighted by molar-refractivity contribution is 9.10. The fourth-order valence-corrected chi connectivity index (χ4v) is 3.36. The van der Waals surface area contributed by atoms with Crippen LogP contribution in [-0.4, -0.2) is 20.4 Å². The van der Waals surface area contributed by atoms with Crippen molar-refractivity contribution in [3.63, 3.8) is 0 Å². The van der Waals surface area contributed by atoms with Crippen LogP contribution in [0.4, 0.5) is 10.2 Å². The summed E-state index contributed by atoms with van der Waals surface area (Å²) in [6.07, 6.45) is 1.50. The molecular formula is C13H13BrFN3O2S. The van der Waals surface area contributed by atoms with Crippen LogP contribution < -0.4 is 10.0 Å². The maximum atomic E-state index is 12.8. The Balaban J connectivity index is 2.22. The third-order valence-corrected chi connectivity index (χ3v) is 4.57. The highest BCUT2D eigenvalue weighted by atomic mass is 79.9. The zero-order valence-electron chi connectivity index (χ0n) is 11.1. The molecule has 0 aliphatic carbocycles. The first-order valence-electron chi connectivity index (χ1n) is 6.00. The van der Waals surface area contributed by atoms with Gasteiger partial charge in [0.2, 0.25) is 10.0 Å². The molecule has 0 aliphatic heterocycles. The Bertz CT molecular complexity index is 736. The quantitative estimate of drug-likeness (QED) is 0.844. The van der Waals surface area contributed by atoms with E-state index in [9.17, 15) is 12.8 Å². The SMILES string of the molecule is CNc1ncc(Br)cc1S(=O)(=O)NCc1ccc(F)cc1. The van der Waals surface area contributed by atoms with Crippen LogP contribution >= 0.6 is 15.9 Å². The number of hydrogen-bond donors (Lipinski definition) is 2. The van der Waals surface area contributed by atoms with Gasteiger partial charge >= 0.3 is 0 Å². The lowest BCUT2D eigenvalue weighted by Gasteiger charge is -2.11. The second-order valence-electron chi connectivity index (χ2n) is 4.20. The number of halogens is 2. The van der Waals surface area contributed by atoms with E-state index < -0.39 is 10.0 Å². The highest BCUT2D eigenvalue weighted by Gasteiger charge is 2.19. The second kappa shape index (κ2) is 6.50. The van der Waals surface area contributed by atoms with Crippen molar-refractivity contribution in [2.24, 2.45) is 0 Å². The number of rotatable bonds is 5. The van der Waals surface area contributed by atoms with Gasteiger partial charge in [0.15, 0.2) is 0 Å². The lowest BCUT2D eigenvalue weighted by atomic mass is 10.2. The van der Waals surface area contributed by atoms with E-state index in [2.05, 4.69) is 31.0 Å². The molecule has 0 aliphatic rings. The van der Waals surface area contributed by atoms with Gasteiger partial charge in [-0.1, -0.05) is 12.1 Å². The van der Waals surface area contributed by atoms with E-state index in [-0.39, 0.29) is 23.1 Å². The van der Waals surface area contributed by atoms with E-state index in [0.29, 0.717) is 10.0 Å². The zero-order valence-corrected chi connectivity index (χ0v) is 13.5. The van der Waals surface area contributed by atoms with E-state index >= 15 is 0 Å². The first kappa shape index (κ1) is 15.9. The largest absolute Gasteiger partial charge is 0.372 e. The molecule has 0 bridgehead atoms. The van der Waals surface area contributed by atoms with Gasteiger partial charge in [0.05, 0.1) is 0 Å². The second-order valence-corrected chi connectivity index (χ2v) is 6.85. The molecule has 0 saturated heterocycles. The molecule has 0 unspecified atom stereocenters. The normalized spacial score (nSPS) is 11.4. The van der Waals surface area contributed by atoms with E-state index in [1.165, 1.54) is 36.5 Å². The first-order chi connectivity index (χ1) is 9.92. The average molecular weight is 374 g/mol. The molecule has 0 radical (unpaired) electrons. The predicted octanol–water partition coefficient (Wildman–Crippen LogP) is 2.50. The summed E-state index contributed by atoms with van der Waals surface area (Å²) in [6.45, 7) is 0.0677. The molecule has 1 heterocycles. The number of sulfonamides is 1. The van der Waals surface area contributed by atoms with Crippen molar-refractivity contribution < 1.29 is 12.8 Å². The summed E-state index contributed by atoms with van der Waals surface area (Å²) in [5.74, 6) is -0.111. The summed E-state index contributed by atoms with van der Waals surface area (Å²) in [6, 6.07) is 7.07. The molecule has 21 heavy (non-hydrogen) atoms. The van der Waals surface area contributed by atoms with Crippen molar-refractivity contribution >= 4 is 31.8 Å². The maximum Gasteiger partial charge on any atom is 0.244 e. The van der Waals surface area contributed by atoms with E-state index in [1.807, 2.05) is 0 Å². The fourth-order valence-electron chi connectivity index (χ4n) is 1.67. The Morgan fingerprint density at radius 2 is 1.95 bits per heavy atom. The van der Waals surface area contributed by atoms with E-state index in [1.54, 1.807) is 7.05 Å². The maximum absolute atomic E-state index is 12.8. The Kier molecular flexibility index (Phi) is 4.92. The van der Waals surface area contributed by atoms with Gasteiger partial charge in [-0.2, -0.15) is 0 Å². The van der Waals surface area contributed by atoms with Crippen LogP contribution in [0.2, 0.25) is 0 Å². The number of hydrogen-bond acceptors (Lipinski definition) is 4. The lowest BCUT2D eigenvalue weighted by molar-refractivity contribution is 0.581. The number of anilines is 1. The Hall–Kier alpha value is -1.51. The van der Waals surface area contributed by atoms with Gasteiger partial charge in [-0.3, -0.25) is 0 Å². The molecule has 112 valence electrons. The summed E-state index contributed by atoms with van der Waals surface area (Å²) in [5, 5.41) is 2.73. The molecule has 2 rings (SSSR count). The standard InChI is InChI=1S/C13H13BrFN3O2S/c1-16-13-12(6-10(14)8-17-13)21(19,20)18-7-9-2-4-11(15)5-3-9/h2-6,8,18H,7H2,1H3,(H,16,17). The molecule has 5 nitrogen and oxygen atoms in total. The Morgan fingerprint density at radius 3 is 2.57 bits per heavy atom. The zero-order chi connectivity index (χ0) is 15.5. The molecule has 0 fully saturated rings. The molecule has 8 heteroatoms. The van der Waals surface area contributed by atoms with Crippen molar-refractivity contribution in [2.45, 2.75) is 11.4 Å². The Labute approximate surface area is 130 Å². The number of nitrogens with zero attached hydrogens (tertiary/aromatic N) is 1. The number of pyridine rings is 1. The van der Waals surface area contributed by atoms with E-state index in [4.69, 9.17) is 0 Å². The number of nitrogens with one attached hydrogen (secondary N) is 2. The minimum Gasteiger partial charge on any atom is -0.372 e. The van der Waals surface area contributed by atoms with E-state index in [0.717, 1.165) is 0 Å². The third-order valence-electron chi connectivity index (χ3n) is 2.73. The van der Waals surface area contributed by atoms with Crippen LogP contribution in [0.25, 0.3) is 0 Å². The summed E-state index contributed by atoms with van der Waals surface area (Å²) >= 11 is 3.20. The van der Waals surface area contributed by atoms with Crippen molar-refractivity contribution in [3.05, 3.63) is 52.4 Å². The van der Waals surface area contributed by atoms with Gasteiger partial charge in [0, 0.05) is 24.3 Å². The van der Waals surface area contributed by atoms with Crippen LogP contribution in [0.15, 0.2) is 45.9 Å². The molecule has 1 aromatic carbocycles. The molecule has 0 amide bonds. The first-order valence-corrected chi connectivity index (χ1v) is 8.27.